The van der Waals surface area contributed by atoms with Crippen molar-refractivity contribution in [3.05, 3.63) is 89.9 Å². The Labute approximate surface area is 184 Å². The second kappa shape index (κ2) is 8.93. The smallest absolute Gasteiger partial charge is 0.291 e. The Morgan fingerprint density at radius 1 is 1.12 bits per heavy atom. The van der Waals surface area contributed by atoms with E-state index in [-0.39, 0.29) is 18.0 Å². The topological polar surface area (TPSA) is 97.1 Å². The van der Waals surface area contributed by atoms with Gasteiger partial charge in [-0.25, -0.2) is 0 Å². The highest BCUT2D eigenvalue weighted by Gasteiger charge is 2.51. The number of ether oxygens (including phenoxy) is 1. The third-order valence-electron chi connectivity index (χ3n) is 5.40. The third-order valence-corrected chi connectivity index (χ3v) is 5.40. The quantitative estimate of drug-likeness (QED) is 0.349. The molecule has 162 valence electrons. The zero-order valence-corrected chi connectivity index (χ0v) is 17.3. The Morgan fingerprint density at radius 2 is 1.91 bits per heavy atom. The predicted molar refractivity (Wildman–Crippen MR) is 116 cm³/mol. The van der Waals surface area contributed by atoms with Gasteiger partial charge in [-0.1, -0.05) is 42.5 Å². The van der Waals surface area contributed by atoms with E-state index in [0.29, 0.717) is 11.3 Å². The molecular weight excluding hydrogens is 410 g/mol. The molecule has 1 fully saturated rings. The summed E-state index contributed by atoms with van der Waals surface area (Å²) < 4.78 is 10.5. The lowest BCUT2D eigenvalue weighted by Gasteiger charge is -2.26. The number of ketones is 2. The molecular formula is C25H21NO6. The van der Waals surface area contributed by atoms with Gasteiger partial charge in [-0.05, 0) is 41.5 Å². The summed E-state index contributed by atoms with van der Waals surface area (Å²) in [5.74, 6) is -2.68. The van der Waals surface area contributed by atoms with Crippen molar-refractivity contribution in [3.8, 4) is 11.5 Å². The van der Waals surface area contributed by atoms with Crippen molar-refractivity contribution in [2.75, 3.05) is 7.11 Å². The van der Waals surface area contributed by atoms with Crippen LogP contribution in [-0.2, 0) is 20.9 Å². The summed E-state index contributed by atoms with van der Waals surface area (Å²) in [6.07, 6.45) is 4.41. The maximum atomic E-state index is 13.1. The van der Waals surface area contributed by atoms with Crippen LogP contribution in [0.2, 0.25) is 0 Å². The van der Waals surface area contributed by atoms with Gasteiger partial charge in [0.2, 0.25) is 5.78 Å². The van der Waals surface area contributed by atoms with Gasteiger partial charge in [-0.15, -0.1) is 0 Å². The molecule has 1 aromatic heterocycles. The van der Waals surface area contributed by atoms with E-state index in [1.54, 1.807) is 24.3 Å². The average Bonchev–Trinajstić information content (AvgIpc) is 3.41. The van der Waals surface area contributed by atoms with E-state index in [1.807, 2.05) is 30.3 Å². The van der Waals surface area contributed by atoms with Gasteiger partial charge in [0.05, 0.1) is 26.0 Å². The number of methoxy groups -OCH3 is 1. The van der Waals surface area contributed by atoms with E-state index in [2.05, 4.69) is 0 Å². The summed E-state index contributed by atoms with van der Waals surface area (Å²) >= 11 is 0. The van der Waals surface area contributed by atoms with Gasteiger partial charge in [0.25, 0.3) is 5.91 Å². The monoisotopic (exact) mass is 431 g/mol. The van der Waals surface area contributed by atoms with Gasteiger partial charge >= 0.3 is 0 Å². The predicted octanol–water partition coefficient (Wildman–Crippen LogP) is 3.55. The van der Waals surface area contributed by atoms with Crippen molar-refractivity contribution in [2.45, 2.75) is 12.6 Å². The number of Topliss-reactive ketones (excluding diaryl/α,β-unsaturated/α-hetero) is 1. The standard InChI is InChI=1S/C25H21NO6/c1-31-21-14-17(10-12-19(21)27)23-22(20(28)11-9-16-6-3-2-4-7-16)24(29)25(30)26(23)15-18-8-5-13-32-18/h2-14,22-23,27H,15H2,1H3/b11-9+. The van der Waals surface area contributed by atoms with Crippen LogP contribution in [0.25, 0.3) is 6.08 Å². The van der Waals surface area contributed by atoms with Crippen LogP contribution in [0, 0.1) is 5.92 Å². The summed E-state index contributed by atoms with van der Waals surface area (Å²) in [5.41, 5.74) is 1.30. The molecule has 2 aromatic carbocycles. The number of allylic oxidation sites excluding steroid dienone is 1. The molecule has 0 aliphatic carbocycles. The molecule has 1 amide bonds. The molecule has 0 bridgehead atoms. The average molecular weight is 431 g/mol. The van der Waals surface area contributed by atoms with Crippen LogP contribution in [0.5, 0.6) is 11.5 Å². The number of hydrogen-bond donors (Lipinski definition) is 1. The summed E-state index contributed by atoms with van der Waals surface area (Å²) in [5, 5.41) is 9.97. The maximum absolute atomic E-state index is 13.1. The number of aromatic hydroxyl groups is 1. The Balaban J connectivity index is 1.74. The Bertz CT molecular complexity index is 1170. The van der Waals surface area contributed by atoms with Crippen molar-refractivity contribution in [3.63, 3.8) is 0 Å². The lowest BCUT2D eigenvalue weighted by atomic mass is 9.88. The molecule has 0 radical (unpaired) electrons. The van der Waals surface area contributed by atoms with Gasteiger partial charge in [0.15, 0.2) is 17.3 Å². The molecule has 1 aliphatic rings. The highest BCUT2D eigenvalue weighted by molar-refractivity contribution is 6.43. The number of hydrogen-bond acceptors (Lipinski definition) is 6. The highest BCUT2D eigenvalue weighted by Crippen LogP contribution is 2.41. The first-order chi connectivity index (χ1) is 15.5. The minimum atomic E-state index is -1.23. The molecule has 2 heterocycles. The number of amides is 1. The number of likely N-dealkylation sites (tertiary alicyclic amines) is 1. The van der Waals surface area contributed by atoms with Crippen LogP contribution in [0.1, 0.15) is 22.9 Å². The lowest BCUT2D eigenvalue weighted by Crippen LogP contribution is -2.30. The summed E-state index contributed by atoms with van der Waals surface area (Å²) in [6.45, 7) is 0.0254. The number of nitrogens with zero attached hydrogens (tertiary/aromatic N) is 1. The molecule has 3 aromatic rings. The largest absolute Gasteiger partial charge is 0.504 e. The number of benzene rings is 2. The lowest BCUT2D eigenvalue weighted by molar-refractivity contribution is -0.142. The third kappa shape index (κ3) is 4.05. The Morgan fingerprint density at radius 3 is 2.59 bits per heavy atom. The fourth-order valence-corrected chi connectivity index (χ4v) is 3.85. The SMILES string of the molecule is COc1cc(C2C(C(=O)/C=C/c3ccccc3)C(=O)C(=O)N2Cc2ccco2)ccc1O. The van der Waals surface area contributed by atoms with Crippen LogP contribution in [0.3, 0.4) is 0 Å². The van der Waals surface area contributed by atoms with Gasteiger partial charge in [-0.3, -0.25) is 14.4 Å². The van der Waals surface area contributed by atoms with E-state index in [4.69, 9.17) is 9.15 Å². The van der Waals surface area contributed by atoms with Crippen LogP contribution >= 0.6 is 0 Å². The van der Waals surface area contributed by atoms with Gasteiger partial charge in [-0.2, -0.15) is 0 Å². The molecule has 0 saturated carbocycles. The molecule has 1 aliphatic heterocycles. The van der Waals surface area contributed by atoms with Gasteiger partial charge in [0, 0.05) is 0 Å². The summed E-state index contributed by atoms with van der Waals surface area (Å²) in [7, 11) is 1.40. The maximum Gasteiger partial charge on any atom is 0.291 e. The number of furan rings is 1. The Hall–Kier alpha value is -4.13. The summed E-state index contributed by atoms with van der Waals surface area (Å²) in [4.78, 5) is 40.3. The molecule has 1 saturated heterocycles. The van der Waals surface area contributed by atoms with Gasteiger partial charge < -0.3 is 19.2 Å². The van der Waals surface area contributed by atoms with Crippen LogP contribution in [-0.4, -0.2) is 34.6 Å². The minimum absolute atomic E-state index is 0.0254. The van der Waals surface area contributed by atoms with E-state index in [9.17, 15) is 19.5 Å². The first kappa shape index (κ1) is 21.1. The number of carbonyl (C=O) groups is 3. The van der Waals surface area contributed by atoms with Crippen LogP contribution in [0.4, 0.5) is 0 Å². The number of rotatable bonds is 7. The molecule has 0 spiro atoms. The van der Waals surface area contributed by atoms with Gasteiger partial charge in [0.1, 0.15) is 11.7 Å². The van der Waals surface area contributed by atoms with Crippen molar-refractivity contribution in [1.82, 2.24) is 4.90 Å². The van der Waals surface area contributed by atoms with Crippen molar-refractivity contribution < 1.29 is 28.6 Å². The number of carbonyl (C=O) groups excluding carboxylic acids is 3. The zero-order valence-electron chi connectivity index (χ0n) is 17.3. The number of phenolic OH excluding ortho intramolecular Hbond substituents is 1. The highest BCUT2D eigenvalue weighted by atomic mass is 16.5. The van der Waals surface area contributed by atoms with Crippen LogP contribution in [0.15, 0.2) is 77.4 Å². The van der Waals surface area contributed by atoms with Crippen molar-refractivity contribution in [1.29, 1.82) is 0 Å². The van der Waals surface area contributed by atoms with E-state index >= 15 is 0 Å². The van der Waals surface area contributed by atoms with Crippen molar-refractivity contribution >= 4 is 23.5 Å². The summed E-state index contributed by atoms with van der Waals surface area (Å²) in [6, 6.07) is 16.2. The minimum Gasteiger partial charge on any atom is -0.504 e. The van der Waals surface area contributed by atoms with E-state index in [0.717, 1.165) is 5.56 Å². The fourth-order valence-electron chi connectivity index (χ4n) is 3.85. The molecule has 7 heteroatoms. The first-order valence-electron chi connectivity index (χ1n) is 10.0. The Kier molecular flexibility index (Phi) is 5.89. The molecule has 32 heavy (non-hydrogen) atoms. The molecule has 2 unspecified atom stereocenters. The molecule has 4 rings (SSSR count). The second-order valence-electron chi connectivity index (χ2n) is 7.38. The number of phenols is 1. The normalized spacial score (nSPS) is 18.5. The van der Waals surface area contributed by atoms with Crippen LogP contribution < -0.4 is 4.74 Å². The zero-order chi connectivity index (χ0) is 22.7. The fraction of sp³-hybridized carbons (Fsp3) is 0.160. The second-order valence-corrected chi connectivity index (χ2v) is 7.38. The molecule has 2 atom stereocenters. The molecule has 1 N–H and O–H groups in total. The first-order valence-corrected chi connectivity index (χ1v) is 10.0. The van der Waals surface area contributed by atoms with E-state index < -0.39 is 29.4 Å². The van der Waals surface area contributed by atoms with Crippen molar-refractivity contribution in [2.24, 2.45) is 5.92 Å². The van der Waals surface area contributed by atoms with E-state index in [1.165, 1.54) is 36.5 Å². The molecule has 7 nitrogen and oxygen atoms in total.